The number of nitrogens with zero attached hydrogens (tertiary/aromatic N) is 1. The van der Waals surface area contributed by atoms with Crippen LogP contribution in [0, 0.1) is 0 Å². The van der Waals surface area contributed by atoms with Crippen molar-refractivity contribution in [1.82, 2.24) is 4.98 Å². The van der Waals surface area contributed by atoms with Crippen molar-refractivity contribution in [2.75, 3.05) is 0 Å². The molecule has 0 spiro atoms. The van der Waals surface area contributed by atoms with Crippen molar-refractivity contribution in [3.8, 4) is 0 Å². The number of thioether (sulfide) groups is 1. The van der Waals surface area contributed by atoms with E-state index in [9.17, 15) is 4.79 Å². The van der Waals surface area contributed by atoms with E-state index >= 15 is 0 Å². The van der Waals surface area contributed by atoms with Gasteiger partial charge in [0.1, 0.15) is 0 Å². The Hall–Kier alpha value is -0.360. The fourth-order valence-electron chi connectivity index (χ4n) is 1.31. The second-order valence-electron chi connectivity index (χ2n) is 3.54. The van der Waals surface area contributed by atoms with Crippen LogP contribution < -0.4 is 0 Å². The van der Waals surface area contributed by atoms with Crippen LogP contribution in [0.2, 0.25) is 4.34 Å². The Morgan fingerprint density at radius 2 is 2.22 bits per heavy atom. The average Bonchev–Trinajstić information content (AvgIpc) is 2.78. The largest absolute Gasteiger partial charge is 0.292 e. The molecule has 0 aromatic carbocycles. The fraction of sp³-hybridized carbons (Fsp3) is 0.167. The van der Waals surface area contributed by atoms with Gasteiger partial charge in [-0.3, -0.25) is 4.79 Å². The smallest absolute Gasteiger partial charge is 0.185 e. The van der Waals surface area contributed by atoms with E-state index in [0.717, 1.165) is 9.50 Å². The number of rotatable bonds is 4. The Balaban J connectivity index is 2.05. The van der Waals surface area contributed by atoms with E-state index in [1.807, 2.05) is 19.1 Å². The summed E-state index contributed by atoms with van der Waals surface area (Å²) < 4.78 is 1.56. The summed E-state index contributed by atoms with van der Waals surface area (Å²) in [6.45, 7) is 1.88. The highest BCUT2D eigenvalue weighted by molar-refractivity contribution is 9.10. The number of Topliss-reactive ketones (excluding diaryl/α,β-unsaturated/α-hetero) is 1. The minimum Gasteiger partial charge on any atom is -0.292 e. The number of hydrogen-bond donors (Lipinski definition) is 0. The third-order valence-electron chi connectivity index (χ3n) is 2.18. The van der Waals surface area contributed by atoms with Gasteiger partial charge in [0, 0.05) is 10.7 Å². The van der Waals surface area contributed by atoms with Gasteiger partial charge in [-0.05, 0) is 47.1 Å². The molecular weight excluding hydrogens is 354 g/mol. The molecule has 1 atom stereocenters. The van der Waals surface area contributed by atoms with E-state index in [2.05, 4.69) is 20.9 Å². The lowest BCUT2D eigenvalue weighted by atomic mass is 10.2. The fourth-order valence-corrected chi connectivity index (χ4v) is 3.55. The maximum Gasteiger partial charge on any atom is 0.185 e. The molecule has 0 bridgehead atoms. The zero-order chi connectivity index (χ0) is 13.1. The lowest BCUT2D eigenvalue weighted by molar-refractivity contribution is 0.0998. The zero-order valence-electron chi connectivity index (χ0n) is 9.39. The van der Waals surface area contributed by atoms with Gasteiger partial charge in [-0.25, -0.2) is 4.98 Å². The van der Waals surface area contributed by atoms with Crippen LogP contribution in [0.3, 0.4) is 0 Å². The van der Waals surface area contributed by atoms with Crippen LogP contribution in [0.25, 0.3) is 0 Å². The first-order chi connectivity index (χ1) is 8.56. The lowest BCUT2D eigenvalue weighted by Gasteiger charge is -2.07. The quantitative estimate of drug-likeness (QED) is 0.571. The van der Waals surface area contributed by atoms with Crippen LogP contribution in [-0.2, 0) is 0 Å². The van der Waals surface area contributed by atoms with Gasteiger partial charge in [-0.1, -0.05) is 23.4 Å². The summed E-state index contributed by atoms with van der Waals surface area (Å²) >= 11 is 11.9. The van der Waals surface area contributed by atoms with E-state index in [4.69, 9.17) is 11.6 Å². The average molecular weight is 363 g/mol. The molecule has 0 aliphatic carbocycles. The summed E-state index contributed by atoms with van der Waals surface area (Å²) in [6, 6.07) is 7.31. The van der Waals surface area contributed by atoms with Crippen molar-refractivity contribution < 1.29 is 4.79 Å². The SMILES string of the molecule is CC(Sc1ccc(Br)cn1)C(=O)c1ccc(Cl)s1. The molecule has 0 aliphatic rings. The second-order valence-corrected chi connectivity index (χ2v) is 7.53. The van der Waals surface area contributed by atoms with Crippen LogP contribution in [0.5, 0.6) is 0 Å². The van der Waals surface area contributed by atoms with E-state index in [1.165, 1.54) is 23.1 Å². The topological polar surface area (TPSA) is 30.0 Å². The molecule has 2 aromatic heterocycles. The molecule has 2 aromatic rings. The Kier molecular flexibility index (Phi) is 4.84. The van der Waals surface area contributed by atoms with E-state index in [-0.39, 0.29) is 11.0 Å². The number of aromatic nitrogens is 1. The molecule has 0 N–H and O–H groups in total. The number of pyridine rings is 1. The van der Waals surface area contributed by atoms with Crippen LogP contribution in [0.1, 0.15) is 16.6 Å². The van der Waals surface area contributed by atoms with Crippen molar-refractivity contribution >= 4 is 56.4 Å². The number of halogens is 2. The van der Waals surface area contributed by atoms with Gasteiger partial charge in [0.25, 0.3) is 0 Å². The first kappa shape index (κ1) is 14.1. The number of hydrogen-bond acceptors (Lipinski definition) is 4. The molecule has 0 amide bonds. The Morgan fingerprint density at radius 3 is 2.78 bits per heavy atom. The van der Waals surface area contributed by atoms with Crippen molar-refractivity contribution in [1.29, 1.82) is 0 Å². The predicted octanol–water partition coefficient (Wildman–Crippen LogP) is 4.92. The summed E-state index contributed by atoms with van der Waals surface area (Å²) in [4.78, 5) is 17.1. The monoisotopic (exact) mass is 361 g/mol. The van der Waals surface area contributed by atoms with Crippen molar-refractivity contribution in [3.05, 3.63) is 44.1 Å². The molecule has 0 fully saturated rings. The van der Waals surface area contributed by atoms with Gasteiger partial charge in [0.15, 0.2) is 5.78 Å². The minimum atomic E-state index is -0.173. The van der Waals surface area contributed by atoms with Crippen LogP contribution in [0.4, 0.5) is 0 Å². The molecule has 2 rings (SSSR count). The lowest BCUT2D eigenvalue weighted by Crippen LogP contribution is -2.12. The van der Waals surface area contributed by atoms with E-state index in [0.29, 0.717) is 9.21 Å². The standard InChI is InChI=1S/C12H9BrClNOS2/c1-7(12(16)9-3-4-10(14)18-9)17-11-5-2-8(13)6-15-11/h2-7H,1H3. The summed E-state index contributed by atoms with van der Waals surface area (Å²) in [5.41, 5.74) is 0. The molecule has 1 unspecified atom stereocenters. The van der Waals surface area contributed by atoms with Crippen LogP contribution in [-0.4, -0.2) is 16.0 Å². The molecule has 2 heterocycles. The minimum absolute atomic E-state index is 0.0848. The van der Waals surface area contributed by atoms with Crippen molar-refractivity contribution in [2.24, 2.45) is 0 Å². The molecule has 18 heavy (non-hydrogen) atoms. The highest BCUT2D eigenvalue weighted by Crippen LogP contribution is 2.28. The summed E-state index contributed by atoms with van der Waals surface area (Å²) in [6.07, 6.45) is 1.72. The summed E-state index contributed by atoms with van der Waals surface area (Å²) in [7, 11) is 0. The highest BCUT2D eigenvalue weighted by atomic mass is 79.9. The number of carbonyl (C=O) groups is 1. The highest BCUT2D eigenvalue weighted by Gasteiger charge is 2.18. The molecule has 94 valence electrons. The van der Waals surface area contributed by atoms with E-state index in [1.54, 1.807) is 18.3 Å². The van der Waals surface area contributed by atoms with Gasteiger partial charge >= 0.3 is 0 Å². The third kappa shape index (κ3) is 3.57. The maximum absolute atomic E-state index is 12.1. The van der Waals surface area contributed by atoms with Crippen LogP contribution in [0.15, 0.2) is 40.0 Å². The molecule has 0 saturated heterocycles. The molecular formula is C12H9BrClNOS2. The second kappa shape index (κ2) is 6.19. The molecule has 0 radical (unpaired) electrons. The molecule has 0 saturated carbocycles. The number of ketones is 1. The van der Waals surface area contributed by atoms with Gasteiger partial charge in [0.05, 0.1) is 19.5 Å². The Bertz CT molecular complexity index is 555. The third-order valence-corrected chi connectivity index (χ3v) is 4.95. The Labute approximate surface area is 127 Å². The van der Waals surface area contributed by atoms with Crippen molar-refractivity contribution in [3.63, 3.8) is 0 Å². The predicted molar refractivity (Wildman–Crippen MR) is 80.9 cm³/mol. The molecule has 0 aliphatic heterocycles. The van der Waals surface area contributed by atoms with Gasteiger partial charge in [0.2, 0.25) is 0 Å². The number of carbonyl (C=O) groups excluding carboxylic acids is 1. The zero-order valence-corrected chi connectivity index (χ0v) is 13.4. The molecule has 2 nitrogen and oxygen atoms in total. The normalized spacial score (nSPS) is 12.4. The first-order valence-electron chi connectivity index (χ1n) is 5.14. The number of thiophene rings is 1. The van der Waals surface area contributed by atoms with Gasteiger partial charge < -0.3 is 0 Å². The van der Waals surface area contributed by atoms with Gasteiger partial charge in [-0.2, -0.15) is 0 Å². The Morgan fingerprint density at radius 1 is 1.44 bits per heavy atom. The summed E-state index contributed by atoms with van der Waals surface area (Å²) in [5.74, 6) is 0.0848. The maximum atomic E-state index is 12.1. The van der Waals surface area contributed by atoms with Crippen LogP contribution >= 0.6 is 50.6 Å². The van der Waals surface area contributed by atoms with Gasteiger partial charge in [-0.15, -0.1) is 11.3 Å². The molecule has 6 heteroatoms. The van der Waals surface area contributed by atoms with E-state index < -0.39 is 0 Å². The first-order valence-corrected chi connectivity index (χ1v) is 8.01. The summed E-state index contributed by atoms with van der Waals surface area (Å²) in [5, 5.41) is 0.662. The van der Waals surface area contributed by atoms with Crippen molar-refractivity contribution in [2.45, 2.75) is 17.2 Å².